The van der Waals surface area contributed by atoms with E-state index in [1.54, 1.807) is 31.4 Å². The Hall–Kier alpha value is -2.57. The highest BCUT2D eigenvalue weighted by molar-refractivity contribution is 5.98. The van der Waals surface area contributed by atoms with Gasteiger partial charge in [0, 0.05) is 12.2 Å². The summed E-state index contributed by atoms with van der Waals surface area (Å²) in [6.45, 7) is 4.64. The number of hydrogen-bond acceptors (Lipinski definition) is 4. The second-order valence-corrected chi connectivity index (χ2v) is 7.50. The molecule has 6 nitrogen and oxygen atoms in total. The van der Waals surface area contributed by atoms with Crippen molar-refractivity contribution in [2.45, 2.75) is 45.3 Å². The van der Waals surface area contributed by atoms with E-state index in [1.165, 1.54) is 11.1 Å². The predicted molar refractivity (Wildman–Crippen MR) is 121 cm³/mol. The van der Waals surface area contributed by atoms with Gasteiger partial charge in [-0.2, -0.15) is 0 Å². The lowest BCUT2D eigenvalue weighted by atomic mass is 9.94. The van der Waals surface area contributed by atoms with Crippen LogP contribution in [0, 0.1) is 5.92 Å². The summed E-state index contributed by atoms with van der Waals surface area (Å²) in [5.41, 5.74) is 3.06. The molecule has 0 saturated heterocycles. The largest absolute Gasteiger partial charge is 0.497 e. The Labute approximate surface area is 184 Å². The quantitative estimate of drug-likeness (QED) is 0.628. The molecule has 3 unspecified atom stereocenters. The summed E-state index contributed by atoms with van der Waals surface area (Å²) >= 11 is 0. The molecule has 1 heterocycles. The number of methoxy groups -OCH3 is 1. The monoisotopic (exact) mass is 431 g/mol. The first-order valence-corrected chi connectivity index (χ1v) is 10.1. The van der Waals surface area contributed by atoms with E-state index in [9.17, 15) is 9.59 Å². The number of carbonyl (C=O) groups excluding carboxylic acids is 2. The molecular weight excluding hydrogens is 402 g/mol. The molecule has 0 radical (unpaired) electrons. The summed E-state index contributed by atoms with van der Waals surface area (Å²) in [6, 6.07) is 14.3. The summed E-state index contributed by atoms with van der Waals surface area (Å²) in [5.74, 6) is 0.371. The van der Waals surface area contributed by atoms with E-state index in [2.05, 4.69) is 28.1 Å². The van der Waals surface area contributed by atoms with Gasteiger partial charge < -0.3 is 20.7 Å². The van der Waals surface area contributed by atoms with Crippen LogP contribution in [-0.2, 0) is 22.6 Å². The van der Waals surface area contributed by atoms with Crippen molar-refractivity contribution in [3.05, 3.63) is 59.7 Å². The van der Waals surface area contributed by atoms with Gasteiger partial charge >= 0.3 is 0 Å². The van der Waals surface area contributed by atoms with Gasteiger partial charge in [-0.05, 0) is 47.7 Å². The van der Waals surface area contributed by atoms with Gasteiger partial charge in [0.15, 0.2) is 0 Å². The molecule has 0 saturated carbocycles. The van der Waals surface area contributed by atoms with E-state index in [0.717, 1.165) is 12.2 Å². The topological polar surface area (TPSA) is 79.5 Å². The maximum absolute atomic E-state index is 12.9. The third-order valence-corrected chi connectivity index (χ3v) is 5.55. The van der Waals surface area contributed by atoms with Crippen molar-refractivity contribution in [3.8, 4) is 5.75 Å². The van der Waals surface area contributed by atoms with Crippen molar-refractivity contribution in [3.63, 3.8) is 0 Å². The highest BCUT2D eigenvalue weighted by Gasteiger charge is 2.30. The number of benzene rings is 2. The van der Waals surface area contributed by atoms with Crippen LogP contribution in [-0.4, -0.2) is 31.0 Å². The van der Waals surface area contributed by atoms with Gasteiger partial charge in [0.25, 0.3) is 0 Å². The van der Waals surface area contributed by atoms with Gasteiger partial charge in [0.05, 0.1) is 13.2 Å². The second-order valence-electron chi connectivity index (χ2n) is 7.50. The highest BCUT2D eigenvalue weighted by Crippen LogP contribution is 2.19. The van der Waals surface area contributed by atoms with Gasteiger partial charge in [0.1, 0.15) is 11.8 Å². The predicted octanol–water partition coefficient (Wildman–Crippen LogP) is 3.30. The maximum atomic E-state index is 12.9. The number of fused-ring (bicyclic) bond motifs is 1. The molecule has 3 atom stereocenters. The molecule has 2 aromatic rings. The first kappa shape index (κ1) is 23.7. The van der Waals surface area contributed by atoms with E-state index in [-0.39, 0.29) is 36.2 Å². The Balaban J connectivity index is 0.00000320. The molecule has 3 N–H and O–H groups in total. The lowest BCUT2D eigenvalue weighted by Crippen LogP contribution is -2.55. The minimum Gasteiger partial charge on any atom is -0.497 e. The van der Waals surface area contributed by atoms with E-state index in [0.29, 0.717) is 18.7 Å². The van der Waals surface area contributed by atoms with E-state index >= 15 is 0 Å². The van der Waals surface area contributed by atoms with Crippen molar-refractivity contribution in [2.24, 2.45) is 5.92 Å². The second kappa shape index (κ2) is 11.0. The fourth-order valence-corrected chi connectivity index (χ4v) is 3.49. The summed E-state index contributed by atoms with van der Waals surface area (Å²) in [7, 11) is 1.60. The van der Waals surface area contributed by atoms with Crippen molar-refractivity contribution in [2.75, 3.05) is 12.4 Å². The van der Waals surface area contributed by atoms with Crippen LogP contribution >= 0.6 is 12.4 Å². The molecule has 7 heteroatoms. The van der Waals surface area contributed by atoms with Gasteiger partial charge in [-0.3, -0.25) is 9.59 Å². The first-order chi connectivity index (χ1) is 14.0. The van der Waals surface area contributed by atoms with Crippen molar-refractivity contribution in [1.82, 2.24) is 10.6 Å². The summed E-state index contributed by atoms with van der Waals surface area (Å²) < 4.78 is 5.15. The van der Waals surface area contributed by atoms with Crippen LogP contribution in [0.4, 0.5) is 5.69 Å². The molecular formula is C23H30ClN3O3. The lowest BCUT2D eigenvalue weighted by Gasteiger charge is -2.29. The molecule has 0 bridgehead atoms. The number of ether oxygens (including phenoxy) is 1. The smallest absolute Gasteiger partial charge is 0.247 e. The molecule has 0 aromatic heterocycles. The zero-order valence-corrected chi connectivity index (χ0v) is 18.4. The average Bonchev–Trinajstić information content (AvgIpc) is 2.76. The van der Waals surface area contributed by atoms with Crippen molar-refractivity contribution < 1.29 is 14.3 Å². The molecule has 2 aromatic carbocycles. The fourth-order valence-electron chi connectivity index (χ4n) is 3.49. The number of nitrogens with one attached hydrogen (secondary N) is 3. The zero-order valence-electron chi connectivity index (χ0n) is 17.6. The fraction of sp³-hybridized carbons (Fsp3) is 0.391. The van der Waals surface area contributed by atoms with Crippen molar-refractivity contribution >= 4 is 29.9 Å². The normalized spacial score (nSPS) is 17.0. The maximum Gasteiger partial charge on any atom is 0.247 e. The van der Waals surface area contributed by atoms with Crippen LogP contribution in [0.15, 0.2) is 48.5 Å². The summed E-state index contributed by atoms with van der Waals surface area (Å²) in [4.78, 5) is 25.8. The lowest BCUT2D eigenvalue weighted by molar-refractivity contribution is -0.129. The Morgan fingerprint density at radius 3 is 2.43 bits per heavy atom. The van der Waals surface area contributed by atoms with Crippen LogP contribution in [0.1, 0.15) is 31.4 Å². The first-order valence-electron chi connectivity index (χ1n) is 10.1. The third kappa shape index (κ3) is 5.74. The minimum atomic E-state index is -0.603. The number of halogens is 1. The van der Waals surface area contributed by atoms with Crippen LogP contribution in [0.5, 0.6) is 5.75 Å². The van der Waals surface area contributed by atoms with E-state index in [4.69, 9.17) is 4.74 Å². The third-order valence-electron chi connectivity index (χ3n) is 5.55. The Kier molecular flexibility index (Phi) is 8.69. The number of amides is 2. The molecule has 1 aliphatic heterocycles. The standard InChI is InChI=1S/C23H29N3O3.ClH/c1-4-15(2)21(23(28)25-18-9-11-19(29-3)12-10-18)26-22(27)20-13-16-7-5-6-8-17(16)14-24-20;/h5-12,15,20-21,24H,4,13-14H2,1-3H3,(H,25,28)(H,26,27);1H. The number of rotatable bonds is 7. The summed E-state index contributed by atoms with van der Waals surface area (Å²) in [6.07, 6.45) is 1.40. The number of anilines is 1. The Morgan fingerprint density at radius 1 is 1.13 bits per heavy atom. The van der Waals surface area contributed by atoms with Crippen LogP contribution < -0.4 is 20.7 Å². The molecule has 0 fully saturated rings. The van der Waals surface area contributed by atoms with E-state index < -0.39 is 6.04 Å². The Bertz CT molecular complexity index is 857. The van der Waals surface area contributed by atoms with Crippen LogP contribution in [0.3, 0.4) is 0 Å². The Morgan fingerprint density at radius 2 is 1.80 bits per heavy atom. The SMILES string of the molecule is CCC(C)C(NC(=O)C1Cc2ccccc2CN1)C(=O)Nc1ccc(OC)cc1.Cl. The van der Waals surface area contributed by atoms with Crippen molar-refractivity contribution in [1.29, 1.82) is 0 Å². The molecule has 3 rings (SSSR count). The molecule has 162 valence electrons. The van der Waals surface area contributed by atoms with Gasteiger partial charge in [0.2, 0.25) is 11.8 Å². The van der Waals surface area contributed by atoms with Gasteiger partial charge in [-0.1, -0.05) is 44.5 Å². The van der Waals surface area contributed by atoms with Crippen LogP contribution in [0.2, 0.25) is 0 Å². The number of hydrogen-bond donors (Lipinski definition) is 3. The van der Waals surface area contributed by atoms with Gasteiger partial charge in [-0.15, -0.1) is 12.4 Å². The highest BCUT2D eigenvalue weighted by atomic mass is 35.5. The molecule has 30 heavy (non-hydrogen) atoms. The molecule has 0 spiro atoms. The average molecular weight is 432 g/mol. The summed E-state index contributed by atoms with van der Waals surface area (Å²) in [5, 5.41) is 9.16. The zero-order chi connectivity index (χ0) is 20.8. The molecule has 0 aliphatic carbocycles. The van der Waals surface area contributed by atoms with Gasteiger partial charge in [-0.25, -0.2) is 0 Å². The number of carbonyl (C=O) groups is 2. The van der Waals surface area contributed by atoms with Crippen LogP contribution in [0.25, 0.3) is 0 Å². The molecule has 1 aliphatic rings. The minimum absolute atomic E-state index is 0. The van der Waals surface area contributed by atoms with E-state index in [1.807, 2.05) is 26.0 Å². The molecule has 2 amide bonds.